The fraction of sp³-hybridized carbons (Fsp3) is 0.381. The van der Waals surface area contributed by atoms with E-state index in [1.807, 2.05) is 35.2 Å². The third kappa shape index (κ3) is 3.79. The minimum atomic E-state index is -0.105. The van der Waals surface area contributed by atoms with E-state index < -0.39 is 0 Å². The highest BCUT2D eigenvalue weighted by Gasteiger charge is 2.27. The first-order valence-electron chi connectivity index (χ1n) is 9.48. The topological polar surface area (TPSA) is 68.3 Å². The fourth-order valence-corrected chi connectivity index (χ4v) is 3.83. The second-order valence-electron chi connectivity index (χ2n) is 7.05. The molecule has 3 aromatic rings. The van der Waals surface area contributed by atoms with Crippen molar-refractivity contribution in [3.05, 3.63) is 65.1 Å². The van der Waals surface area contributed by atoms with Crippen LogP contribution in [0.5, 0.6) is 0 Å². The lowest BCUT2D eigenvalue weighted by molar-refractivity contribution is -0.134. The Hall–Kier alpha value is -2.89. The van der Waals surface area contributed by atoms with Crippen molar-refractivity contribution in [1.82, 2.24) is 14.5 Å². The number of aromatic nitrogens is 2. The summed E-state index contributed by atoms with van der Waals surface area (Å²) in [5.74, 6) is 0.846. The first kappa shape index (κ1) is 17.5. The molecule has 6 heteroatoms. The number of furan rings is 1. The van der Waals surface area contributed by atoms with Crippen LogP contribution in [0.1, 0.15) is 37.9 Å². The Kier molecular flexibility index (Phi) is 5.05. The predicted molar refractivity (Wildman–Crippen MR) is 102 cm³/mol. The number of nitrogens with zero attached hydrogens (tertiary/aromatic N) is 3. The number of benzene rings is 1. The second kappa shape index (κ2) is 7.78. The van der Waals surface area contributed by atoms with Gasteiger partial charge in [0.25, 0.3) is 5.56 Å². The zero-order valence-corrected chi connectivity index (χ0v) is 15.2. The van der Waals surface area contributed by atoms with Gasteiger partial charge in [0, 0.05) is 19.0 Å². The molecule has 1 aliphatic carbocycles. The van der Waals surface area contributed by atoms with Gasteiger partial charge < -0.3 is 9.32 Å². The minimum Gasteiger partial charge on any atom is -0.467 e. The van der Waals surface area contributed by atoms with Crippen LogP contribution in [0.15, 0.2) is 58.2 Å². The van der Waals surface area contributed by atoms with Gasteiger partial charge in [-0.15, -0.1) is 0 Å². The van der Waals surface area contributed by atoms with Gasteiger partial charge in [0.15, 0.2) is 0 Å². The van der Waals surface area contributed by atoms with Gasteiger partial charge in [-0.25, -0.2) is 4.98 Å². The summed E-state index contributed by atoms with van der Waals surface area (Å²) >= 11 is 0. The number of hydrogen-bond donors (Lipinski definition) is 0. The molecule has 0 spiro atoms. The molecule has 1 saturated carbocycles. The largest absolute Gasteiger partial charge is 0.467 e. The Bertz CT molecular complexity index is 972. The van der Waals surface area contributed by atoms with Crippen molar-refractivity contribution in [2.24, 2.45) is 0 Å². The molecule has 2 aromatic heterocycles. The molecule has 1 aliphatic rings. The molecule has 0 unspecified atom stereocenters. The van der Waals surface area contributed by atoms with E-state index in [4.69, 9.17) is 4.42 Å². The predicted octanol–water partition coefficient (Wildman–Crippen LogP) is 3.35. The third-order valence-electron chi connectivity index (χ3n) is 5.29. The van der Waals surface area contributed by atoms with Crippen molar-refractivity contribution in [1.29, 1.82) is 0 Å². The van der Waals surface area contributed by atoms with Crippen LogP contribution in [0.2, 0.25) is 0 Å². The maximum atomic E-state index is 13.0. The third-order valence-corrected chi connectivity index (χ3v) is 5.29. The number of carbonyl (C=O) groups is 1. The summed E-state index contributed by atoms with van der Waals surface area (Å²) in [6, 6.07) is 11.3. The minimum absolute atomic E-state index is 0.0540. The average Bonchev–Trinajstić information content (AvgIpc) is 3.39. The molecule has 0 atom stereocenters. The molecule has 0 radical (unpaired) electrons. The Labute approximate surface area is 157 Å². The summed E-state index contributed by atoms with van der Waals surface area (Å²) in [5, 5.41) is 0.579. The van der Waals surface area contributed by atoms with E-state index in [2.05, 4.69) is 4.98 Å². The number of rotatable bonds is 6. The molecule has 2 heterocycles. The number of carbonyl (C=O) groups excluding carboxylic acids is 1. The lowest BCUT2D eigenvalue weighted by Gasteiger charge is -2.28. The van der Waals surface area contributed by atoms with Crippen molar-refractivity contribution in [3.63, 3.8) is 0 Å². The zero-order chi connectivity index (χ0) is 18.6. The quantitative estimate of drug-likeness (QED) is 0.672. The summed E-state index contributed by atoms with van der Waals surface area (Å²) in [4.78, 5) is 31.8. The molecule has 0 N–H and O–H groups in total. The van der Waals surface area contributed by atoms with Crippen LogP contribution in [0, 0.1) is 0 Å². The van der Waals surface area contributed by atoms with Gasteiger partial charge in [0.05, 0.1) is 30.0 Å². The van der Waals surface area contributed by atoms with Crippen molar-refractivity contribution >= 4 is 16.8 Å². The summed E-state index contributed by atoms with van der Waals surface area (Å²) in [5.41, 5.74) is 0.572. The van der Waals surface area contributed by atoms with Crippen LogP contribution < -0.4 is 5.56 Å². The van der Waals surface area contributed by atoms with Crippen molar-refractivity contribution < 1.29 is 9.21 Å². The molecule has 1 fully saturated rings. The number of para-hydroxylation sites is 1. The molecule has 4 rings (SSSR count). The highest BCUT2D eigenvalue weighted by atomic mass is 16.3. The normalized spacial score (nSPS) is 14.7. The highest BCUT2D eigenvalue weighted by molar-refractivity contribution is 5.77. The van der Waals surface area contributed by atoms with Gasteiger partial charge in [-0.2, -0.15) is 0 Å². The number of hydrogen-bond acceptors (Lipinski definition) is 4. The molecule has 0 saturated heterocycles. The van der Waals surface area contributed by atoms with Crippen molar-refractivity contribution in [2.45, 2.75) is 51.2 Å². The molecule has 140 valence electrons. The zero-order valence-electron chi connectivity index (χ0n) is 15.2. The summed E-state index contributed by atoms with van der Waals surface area (Å²) in [6.07, 6.45) is 7.81. The van der Waals surface area contributed by atoms with E-state index in [0.29, 0.717) is 24.0 Å². The molecule has 1 amide bonds. The van der Waals surface area contributed by atoms with Gasteiger partial charge in [-0.1, -0.05) is 25.0 Å². The first-order chi connectivity index (χ1) is 13.2. The molecule has 27 heavy (non-hydrogen) atoms. The van der Waals surface area contributed by atoms with Crippen molar-refractivity contribution in [2.75, 3.05) is 0 Å². The van der Waals surface area contributed by atoms with Crippen LogP contribution >= 0.6 is 0 Å². The van der Waals surface area contributed by atoms with Gasteiger partial charge in [-0.3, -0.25) is 14.2 Å². The van der Waals surface area contributed by atoms with Gasteiger partial charge in [-0.05, 0) is 37.1 Å². The van der Waals surface area contributed by atoms with Crippen molar-refractivity contribution in [3.8, 4) is 0 Å². The van der Waals surface area contributed by atoms with E-state index >= 15 is 0 Å². The van der Waals surface area contributed by atoms with Crippen LogP contribution in [0.3, 0.4) is 0 Å². The molecule has 6 nitrogen and oxygen atoms in total. The van der Waals surface area contributed by atoms with Gasteiger partial charge in [0.2, 0.25) is 5.91 Å². The molecule has 0 aliphatic heterocycles. The molecule has 1 aromatic carbocycles. The smallest absolute Gasteiger partial charge is 0.261 e. The lowest BCUT2D eigenvalue weighted by Crippen LogP contribution is -2.39. The van der Waals surface area contributed by atoms with Gasteiger partial charge in [0.1, 0.15) is 5.76 Å². The highest BCUT2D eigenvalue weighted by Crippen LogP contribution is 2.25. The Morgan fingerprint density at radius 3 is 2.78 bits per heavy atom. The van der Waals surface area contributed by atoms with E-state index in [9.17, 15) is 9.59 Å². The van der Waals surface area contributed by atoms with Gasteiger partial charge >= 0.3 is 0 Å². The lowest BCUT2D eigenvalue weighted by atomic mass is 10.2. The van der Waals surface area contributed by atoms with Crippen LogP contribution in [-0.2, 0) is 17.9 Å². The Morgan fingerprint density at radius 2 is 2.00 bits per heavy atom. The monoisotopic (exact) mass is 365 g/mol. The molecule has 0 bridgehead atoms. The Morgan fingerprint density at radius 1 is 1.19 bits per heavy atom. The SMILES string of the molecule is O=C(CCn1cnc2ccccc2c1=O)N(Cc1ccco1)C1CCCC1. The second-order valence-corrected chi connectivity index (χ2v) is 7.05. The fourth-order valence-electron chi connectivity index (χ4n) is 3.83. The number of aryl methyl sites for hydroxylation is 1. The average molecular weight is 365 g/mol. The van der Waals surface area contributed by atoms with E-state index in [-0.39, 0.29) is 23.9 Å². The standard InChI is InChI=1S/C21H23N3O3/c25-20(24(16-6-1-2-7-16)14-17-8-5-13-27-17)11-12-23-15-22-19-10-4-3-9-18(19)21(23)26/h3-5,8-10,13,15-16H,1-2,6-7,11-12,14H2. The maximum absolute atomic E-state index is 13.0. The number of fused-ring (bicyclic) bond motifs is 1. The maximum Gasteiger partial charge on any atom is 0.261 e. The molecular weight excluding hydrogens is 342 g/mol. The Balaban J connectivity index is 1.49. The van der Waals surface area contributed by atoms with Crippen LogP contribution in [0.4, 0.5) is 0 Å². The summed E-state index contributed by atoms with van der Waals surface area (Å²) in [7, 11) is 0. The summed E-state index contributed by atoms with van der Waals surface area (Å²) in [6.45, 7) is 0.818. The number of amides is 1. The molecular formula is C21H23N3O3. The summed E-state index contributed by atoms with van der Waals surface area (Å²) < 4.78 is 6.97. The van der Waals surface area contributed by atoms with Crippen LogP contribution in [0.25, 0.3) is 10.9 Å². The van der Waals surface area contributed by atoms with E-state index in [1.165, 1.54) is 10.9 Å². The first-order valence-corrected chi connectivity index (χ1v) is 9.48. The van der Waals surface area contributed by atoms with E-state index in [0.717, 1.165) is 31.4 Å². The van der Waals surface area contributed by atoms with E-state index in [1.54, 1.807) is 12.3 Å². The van der Waals surface area contributed by atoms with Crippen LogP contribution in [-0.4, -0.2) is 26.4 Å².